The second-order valence-corrected chi connectivity index (χ2v) is 1.09. The molecule has 0 fully saturated rings. The second kappa shape index (κ2) is 3.29. The molecular formula is C5H5F3. The van der Waals surface area contributed by atoms with Crippen LogP contribution in [0.15, 0.2) is 24.6 Å². The molecule has 0 aliphatic rings. The summed E-state index contributed by atoms with van der Waals surface area (Å²) in [6, 6.07) is 0. The molecule has 0 aromatic carbocycles. The van der Waals surface area contributed by atoms with Crippen molar-refractivity contribution in [3.8, 4) is 0 Å². The lowest BCUT2D eigenvalue weighted by atomic mass is 10.5. The van der Waals surface area contributed by atoms with Gasteiger partial charge in [0.15, 0.2) is 0 Å². The van der Waals surface area contributed by atoms with Gasteiger partial charge in [-0.25, -0.2) is 13.2 Å². The molecule has 0 N–H and O–H groups in total. The molecule has 0 aromatic heterocycles. The van der Waals surface area contributed by atoms with Crippen molar-refractivity contribution in [2.24, 2.45) is 0 Å². The Hall–Kier alpha value is -0.730. The van der Waals surface area contributed by atoms with Crippen molar-refractivity contribution in [2.45, 2.75) is 6.43 Å². The summed E-state index contributed by atoms with van der Waals surface area (Å²) in [7, 11) is 0. The third kappa shape index (κ3) is 3.46. The first-order valence-corrected chi connectivity index (χ1v) is 1.94. The summed E-state index contributed by atoms with van der Waals surface area (Å²) in [5.41, 5.74) is 0. The van der Waals surface area contributed by atoms with Crippen LogP contribution >= 0.6 is 0 Å². The van der Waals surface area contributed by atoms with Crippen LogP contribution in [-0.2, 0) is 0 Å². The van der Waals surface area contributed by atoms with Gasteiger partial charge in [-0.3, -0.25) is 0 Å². The van der Waals surface area contributed by atoms with Crippen LogP contribution in [0.25, 0.3) is 0 Å². The van der Waals surface area contributed by atoms with E-state index in [0.717, 1.165) is 6.08 Å². The van der Waals surface area contributed by atoms with E-state index in [1.807, 2.05) is 0 Å². The zero-order valence-electron chi connectivity index (χ0n) is 4.07. The Morgan fingerprint density at radius 3 is 2.12 bits per heavy atom. The van der Waals surface area contributed by atoms with E-state index in [-0.39, 0.29) is 6.08 Å². The zero-order chi connectivity index (χ0) is 6.57. The highest BCUT2D eigenvalue weighted by Crippen LogP contribution is 2.02. The van der Waals surface area contributed by atoms with Crippen molar-refractivity contribution in [1.29, 1.82) is 0 Å². The molecule has 0 amide bonds. The van der Waals surface area contributed by atoms with Gasteiger partial charge in [0.05, 0.1) is 0 Å². The summed E-state index contributed by atoms with van der Waals surface area (Å²) >= 11 is 0. The minimum absolute atomic E-state index is 0.188. The molecule has 0 aromatic rings. The number of halogens is 3. The Bertz CT molecular complexity index is 104. The number of rotatable bonds is 2. The average Bonchev–Trinajstić information content (AvgIpc) is 1.65. The van der Waals surface area contributed by atoms with Crippen LogP contribution in [-0.4, -0.2) is 6.43 Å². The maximum atomic E-state index is 11.6. The molecule has 0 nitrogen and oxygen atoms in total. The van der Waals surface area contributed by atoms with Crippen LogP contribution in [0.3, 0.4) is 0 Å². The third-order valence-electron chi connectivity index (χ3n) is 0.480. The maximum absolute atomic E-state index is 11.6. The Kier molecular flexibility index (Phi) is 2.99. The van der Waals surface area contributed by atoms with Gasteiger partial charge < -0.3 is 0 Å². The van der Waals surface area contributed by atoms with Gasteiger partial charge in [0, 0.05) is 6.08 Å². The fourth-order valence-corrected chi connectivity index (χ4v) is 0.188. The van der Waals surface area contributed by atoms with Gasteiger partial charge >= 0.3 is 0 Å². The van der Waals surface area contributed by atoms with Gasteiger partial charge in [-0.1, -0.05) is 6.58 Å². The summed E-state index contributed by atoms with van der Waals surface area (Å²) < 4.78 is 33.9. The van der Waals surface area contributed by atoms with Crippen molar-refractivity contribution in [1.82, 2.24) is 0 Å². The molecule has 0 spiro atoms. The molecule has 0 saturated heterocycles. The summed E-state index contributed by atoms with van der Waals surface area (Å²) in [5, 5.41) is 0. The smallest absolute Gasteiger partial charge is 0.207 e. The molecule has 0 radical (unpaired) electrons. The monoisotopic (exact) mass is 122 g/mol. The number of hydrogen-bond acceptors (Lipinski definition) is 0. The summed E-state index contributed by atoms with van der Waals surface area (Å²) in [6.45, 7) is 2.94. The molecule has 0 rings (SSSR count). The fourth-order valence-electron chi connectivity index (χ4n) is 0.188. The molecule has 3 heteroatoms. The average molecular weight is 122 g/mol. The molecule has 0 heterocycles. The Labute approximate surface area is 45.3 Å². The SMILES string of the molecule is C=CC(F)=CC(F)F. The van der Waals surface area contributed by atoms with Crippen LogP contribution < -0.4 is 0 Å². The summed E-state index contributed by atoms with van der Waals surface area (Å²) in [6.07, 6.45) is -1.81. The molecule has 0 bridgehead atoms. The minimum atomic E-state index is -2.73. The van der Waals surface area contributed by atoms with Gasteiger partial charge in [0.2, 0.25) is 0 Å². The summed E-state index contributed by atoms with van der Waals surface area (Å²) in [5.74, 6) is -0.986. The molecule has 46 valence electrons. The van der Waals surface area contributed by atoms with E-state index in [9.17, 15) is 13.2 Å². The lowest BCUT2D eigenvalue weighted by molar-refractivity contribution is 0.201. The highest BCUT2D eigenvalue weighted by molar-refractivity contribution is 5.07. The van der Waals surface area contributed by atoms with Crippen molar-refractivity contribution in [2.75, 3.05) is 0 Å². The molecule has 0 saturated carbocycles. The van der Waals surface area contributed by atoms with Gasteiger partial charge in [0.1, 0.15) is 5.83 Å². The van der Waals surface area contributed by atoms with E-state index in [4.69, 9.17) is 0 Å². The first-order valence-electron chi connectivity index (χ1n) is 1.94. The predicted molar refractivity (Wildman–Crippen MR) is 25.4 cm³/mol. The Morgan fingerprint density at radius 1 is 1.50 bits per heavy atom. The van der Waals surface area contributed by atoms with Crippen LogP contribution in [0.4, 0.5) is 13.2 Å². The van der Waals surface area contributed by atoms with Crippen LogP contribution in [0.2, 0.25) is 0 Å². The lowest BCUT2D eigenvalue weighted by Gasteiger charge is -1.84. The van der Waals surface area contributed by atoms with Crippen molar-refractivity contribution >= 4 is 0 Å². The van der Waals surface area contributed by atoms with E-state index in [1.165, 1.54) is 0 Å². The second-order valence-electron chi connectivity index (χ2n) is 1.09. The Balaban J connectivity index is 3.74. The van der Waals surface area contributed by atoms with Crippen LogP contribution in [0.1, 0.15) is 0 Å². The lowest BCUT2D eigenvalue weighted by Crippen LogP contribution is -1.81. The van der Waals surface area contributed by atoms with Gasteiger partial charge in [0.25, 0.3) is 6.43 Å². The molecule has 0 atom stereocenters. The van der Waals surface area contributed by atoms with Crippen molar-refractivity contribution in [3.63, 3.8) is 0 Å². The fraction of sp³-hybridized carbons (Fsp3) is 0.200. The van der Waals surface area contributed by atoms with Crippen LogP contribution in [0, 0.1) is 0 Å². The molecular weight excluding hydrogens is 117 g/mol. The van der Waals surface area contributed by atoms with Crippen molar-refractivity contribution < 1.29 is 13.2 Å². The molecule has 0 unspecified atom stereocenters. The van der Waals surface area contributed by atoms with E-state index < -0.39 is 12.3 Å². The third-order valence-corrected chi connectivity index (χ3v) is 0.480. The number of alkyl halides is 2. The minimum Gasteiger partial charge on any atom is -0.207 e. The highest BCUT2D eigenvalue weighted by atomic mass is 19.3. The zero-order valence-corrected chi connectivity index (χ0v) is 4.07. The highest BCUT2D eigenvalue weighted by Gasteiger charge is 1.96. The summed E-state index contributed by atoms with van der Waals surface area (Å²) in [4.78, 5) is 0. The van der Waals surface area contributed by atoms with E-state index in [1.54, 1.807) is 0 Å². The molecule has 8 heavy (non-hydrogen) atoms. The van der Waals surface area contributed by atoms with E-state index >= 15 is 0 Å². The van der Waals surface area contributed by atoms with E-state index in [0.29, 0.717) is 0 Å². The van der Waals surface area contributed by atoms with Gasteiger partial charge in [-0.2, -0.15) is 0 Å². The van der Waals surface area contributed by atoms with Crippen LogP contribution in [0.5, 0.6) is 0 Å². The van der Waals surface area contributed by atoms with E-state index in [2.05, 4.69) is 6.58 Å². The quantitative estimate of drug-likeness (QED) is 0.493. The largest absolute Gasteiger partial charge is 0.260 e. The first-order chi connectivity index (χ1) is 3.66. The van der Waals surface area contributed by atoms with Gasteiger partial charge in [-0.05, 0) is 6.08 Å². The number of hydrogen-bond donors (Lipinski definition) is 0. The first kappa shape index (κ1) is 7.27. The normalized spacial score (nSPS) is 12.2. The predicted octanol–water partition coefficient (Wildman–Crippen LogP) is 2.29. The standard InChI is InChI=1S/C5H5F3/c1-2-4(6)3-5(7)8/h2-3,5H,1H2. The topological polar surface area (TPSA) is 0 Å². The molecule has 0 aliphatic heterocycles. The van der Waals surface area contributed by atoms with Gasteiger partial charge in [-0.15, -0.1) is 0 Å². The number of allylic oxidation sites excluding steroid dienone is 3. The Morgan fingerprint density at radius 2 is 2.00 bits per heavy atom. The maximum Gasteiger partial charge on any atom is 0.260 e. The molecule has 0 aliphatic carbocycles. The van der Waals surface area contributed by atoms with Crippen molar-refractivity contribution in [3.05, 3.63) is 24.6 Å².